The molecule has 0 bridgehead atoms. The lowest BCUT2D eigenvalue weighted by Gasteiger charge is -2.34. The highest BCUT2D eigenvalue weighted by Crippen LogP contribution is 2.30. The van der Waals surface area contributed by atoms with Crippen LogP contribution in [0.4, 0.5) is 0 Å². The molecule has 1 saturated carbocycles. The zero-order valence-corrected chi connectivity index (χ0v) is 17.5. The molecule has 0 aromatic heterocycles. The second-order valence-corrected chi connectivity index (χ2v) is 10.3. The monoisotopic (exact) mass is 392 g/mol. The Kier molecular flexibility index (Phi) is 6.26. The molecule has 1 aromatic carbocycles. The number of benzene rings is 1. The van der Waals surface area contributed by atoms with Gasteiger partial charge in [0.05, 0.1) is 4.90 Å². The van der Waals surface area contributed by atoms with E-state index < -0.39 is 10.0 Å². The van der Waals surface area contributed by atoms with Crippen LogP contribution in [0.15, 0.2) is 29.2 Å². The fraction of sp³-hybridized carbons (Fsp3) is 0.667. The normalized spacial score (nSPS) is 24.0. The third-order valence-corrected chi connectivity index (χ3v) is 7.42. The Morgan fingerprint density at radius 1 is 1.11 bits per heavy atom. The van der Waals surface area contributed by atoms with E-state index in [1.54, 1.807) is 28.6 Å². The molecule has 1 aromatic rings. The molecule has 1 aliphatic carbocycles. The Morgan fingerprint density at radius 3 is 2.22 bits per heavy atom. The number of hydrogen-bond donors (Lipinski definition) is 0. The van der Waals surface area contributed by atoms with Crippen LogP contribution in [0.5, 0.6) is 0 Å². The van der Waals surface area contributed by atoms with Crippen LogP contribution < -0.4 is 0 Å². The molecule has 150 valence electrons. The van der Waals surface area contributed by atoms with E-state index in [1.807, 2.05) is 4.90 Å². The molecule has 0 N–H and O–H groups in total. The van der Waals surface area contributed by atoms with Crippen LogP contribution in [0.3, 0.4) is 0 Å². The van der Waals surface area contributed by atoms with Crippen molar-refractivity contribution in [3.63, 3.8) is 0 Å². The second-order valence-electron chi connectivity index (χ2n) is 8.38. The summed E-state index contributed by atoms with van der Waals surface area (Å²) in [6.07, 6.45) is 5.27. The van der Waals surface area contributed by atoms with Gasteiger partial charge in [-0.15, -0.1) is 0 Å². The van der Waals surface area contributed by atoms with Gasteiger partial charge in [0.15, 0.2) is 0 Å². The van der Waals surface area contributed by atoms with Crippen molar-refractivity contribution in [2.45, 2.75) is 63.8 Å². The lowest BCUT2D eigenvalue weighted by atomic mass is 9.94. The van der Waals surface area contributed by atoms with E-state index in [-0.39, 0.29) is 10.8 Å². The number of carbonyl (C=O) groups excluding carboxylic acids is 1. The van der Waals surface area contributed by atoms with Crippen LogP contribution in [0.1, 0.15) is 63.2 Å². The number of sulfonamides is 1. The van der Waals surface area contributed by atoms with E-state index in [2.05, 4.69) is 20.8 Å². The maximum absolute atomic E-state index is 13.0. The van der Waals surface area contributed by atoms with Crippen molar-refractivity contribution in [3.05, 3.63) is 29.8 Å². The molecule has 27 heavy (non-hydrogen) atoms. The summed E-state index contributed by atoms with van der Waals surface area (Å²) in [6.45, 7) is 8.24. The molecular weight excluding hydrogens is 360 g/mol. The highest BCUT2D eigenvalue weighted by Gasteiger charge is 2.34. The molecule has 6 heteroatoms. The minimum absolute atomic E-state index is 0.0233. The SMILES string of the molecule is CCCCN(C(=O)c1ccc(S(=O)(=O)N2C[C@@H](C)C[C@H](C)C2)cc1)C1CC1. The van der Waals surface area contributed by atoms with Gasteiger partial charge in [0.2, 0.25) is 10.0 Å². The lowest BCUT2D eigenvalue weighted by Crippen LogP contribution is -2.42. The van der Waals surface area contributed by atoms with Crippen LogP contribution in [-0.2, 0) is 10.0 Å². The first-order valence-corrected chi connectivity index (χ1v) is 11.7. The summed E-state index contributed by atoms with van der Waals surface area (Å²) >= 11 is 0. The van der Waals surface area contributed by atoms with E-state index in [0.29, 0.717) is 36.5 Å². The Labute approximate surface area is 163 Å². The van der Waals surface area contributed by atoms with Crippen molar-refractivity contribution in [2.24, 2.45) is 11.8 Å². The van der Waals surface area contributed by atoms with Crippen molar-refractivity contribution in [1.82, 2.24) is 9.21 Å². The topological polar surface area (TPSA) is 57.7 Å². The van der Waals surface area contributed by atoms with E-state index in [1.165, 1.54) is 0 Å². The van der Waals surface area contributed by atoms with Gasteiger partial charge in [-0.05, 0) is 61.8 Å². The Morgan fingerprint density at radius 2 is 1.70 bits per heavy atom. The Bertz CT molecular complexity index is 746. The van der Waals surface area contributed by atoms with Crippen molar-refractivity contribution >= 4 is 15.9 Å². The van der Waals surface area contributed by atoms with Gasteiger partial charge in [0.25, 0.3) is 5.91 Å². The molecule has 0 spiro atoms. The van der Waals surface area contributed by atoms with Crippen molar-refractivity contribution in [1.29, 1.82) is 0 Å². The number of nitrogens with zero attached hydrogens (tertiary/aromatic N) is 2. The first kappa shape index (κ1) is 20.3. The van der Waals surface area contributed by atoms with Crippen LogP contribution in [0.2, 0.25) is 0 Å². The van der Waals surface area contributed by atoms with E-state index in [4.69, 9.17) is 0 Å². The zero-order chi connectivity index (χ0) is 19.6. The number of carbonyl (C=O) groups is 1. The minimum Gasteiger partial charge on any atom is -0.336 e. The first-order chi connectivity index (χ1) is 12.8. The molecule has 5 nitrogen and oxygen atoms in total. The summed E-state index contributed by atoms with van der Waals surface area (Å²) in [5, 5.41) is 0. The molecule has 1 saturated heterocycles. The summed E-state index contributed by atoms with van der Waals surface area (Å²) < 4.78 is 27.6. The number of unbranched alkanes of at least 4 members (excludes halogenated alkanes) is 1. The highest BCUT2D eigenvalue weighted by atomic mass is 32.2. The molecule has 0 unspecified atom stereocenters. The van der Waals surface area contributed by atoms with E-state index in [9.17, 15) is 13.2 Å². The number of piperidine rings is 1. The van der Waals surface area contributed by atoms with Gasteiger partial charge >= 0.3 is 0 Å². The first-order valence-electron chi connectivity index (χ1n) is 10.2. The van der Waals surface area contributed by atoms with Crippen molar-refractivity contribution in [2.75, 3.05) is 19.6 Å². The number of hydrogen-bond acceptors (Lipinski definition) is 3. The molecule has 0 radical (unpaired) electrons. The van der Waals surface area contributed by atoms with Gasteiger partial charge in [0, 0.05) is 31.2 Å². The van der Waals surface area contributed by atoms with Gasteiger partial charge in [-0.2, -0.15) is 4.31 Å². The van der Waals surface area contributed by atoms with Crippen LogP contribution >= 0.6 is 0 Å². The van der Waals surface area contributed by atoms with E-state index >= 15 is 0 Å². The molecule has 2 fully saturated rings. The summed E-state index contributed by atoms with van der Waals surface area (Å²) in [4.78, 5) is 15.1. The molecule has 3 rings (SSSR count). The average Bonchev–Trinajstić information content (AvgIpc) is 3.46. The third kappa shape index (κ3) is 4.72. The van der Waals surface area contributed by atoms with Gasteiger partial charge in [-0.3, -0.25) is 4.79 Å². The van der Waals surface area contributed by atoms with Gasteiger partial charge < -0.3 is 4.90 Å². The minimum atomic E-state index is -3.50. The second kappa shape index (κ2) is 8.31. The third-order valence-electron chi connectivity index (χ3n) is 5.58. The standard InChI is InChI=1S/C21H32N2O3S/c1-4-5-12-23(19-8-9-19)21(24)18-6-10-20(11-7-18)27(25,26)22-14-16(2)13-17(3)15-22/h6-7,10-11,16-17,19H,4-5,8-9,12-15H2,1-3H3/t16-,17-/m0/s1. The Hall–Kier alpha value is -1.40. The number of rotatable bonds is 7. The molecule has 1 aliphatic heterocycles. The molecule has 1 amide bonds. The fourth-order valence-corrected chi connectivity index (χ4v) is 5.73. The molecule has 1 heterocycles. The molecule has 2 aliphatic rings. The fourth-order valence-electron chi connectivity index (χ4n) is 4.05. The summed E-state index contributed by atoms with van der Waals surface area (Å²) in [6, 6.07) is 6.90. The summed E-state index contributed by atoms with van der Waals surface area (Å²) in [5.74, 6) is 0.764. The van der Waals surface area contributed by atoms with Gasteiger partial charge in [0.1, 0.15) is 0 Å². The quantitative estimate of drug-likeness (QED) is 0.710. The Balaban J connectivity index is 1.75. The predicted octanol–water partition coefficient (Wildman–Crippen LogP) is 3.76. The van der Waals surface area contributed by atoms with Gasteiger partial charge in [-0.25, -0.2) is 8.42 Å². The predicted molar refractivity (Wildman–Crippen MR) is 107 cm³/mol. The van der Waals surface area contributed by atoms with Crippen LogP contribution in [0, 0.1) is 11.8 Å². The maximum atomic E-state index is 13.0. The van der Waals surface area contributed by atoms with Gasteiger partial charge in [-0.1, -0.05) is 27.2 Å². The van der Waals surface area contributed by atoms with Crippen LogP contribution in [-0.4, -0.2) is 49.2 Å². The molecule has 2 atom stereocenters. The largest absolute Gasteiger partial charge is 0.336 e. The summed E-state index contributed by atoms with van der Waals surface area (Å²) in [5.41, 5.74) is 0.581. The average molecular weight is 393 g/mol. The lowest BCUT2D eigenvalue weighted by molar-refractivity contribution is 0.0740. The highest BCUT2D eigenvalue weighted by molar-refractivity contribution is 7.89. The summed E-state index contributed by atoms with van der Waals surface area (Å²) in [7, 11) is -3.50. The van der Waals surface area contributed by atoms with E-state index in [0.717, 1.165) is 38.6 Å². The number of amides is 1. The smallest absolute Gasteiger partial charge is 0.254 e. The zero-order valence-electron chi connectivity index (χ0n) is 16.7. The van der Waals surface area contributed by atoms with Crippen molar-refractivity contribution < 1.29 is 13.2 Å². The molecular formula is C21H32N2O3S. The van der Waals surface area contributed by atoms with Crippen LogP contribution in [0.25, 0.3) is 0 Å². The van der Waals surface area contributed by atoms with Crippen molar-refractivity contribution in [3.8, 4) is 0 Å². The maximum Gasteiger partial charge on any atom is 0.254 e.